The maximum absolute atomic E-state index is 12.9. The number of carboxylic acid groups (broad SMARTS) is 4. The molecule has 0 amide bonds. The van der Waals surface area contributed by atoms with Gasteiger partial charge in [0.25, 0.3) is 10.1 Å². The zero-order chi connectivity index (χ0) is 58.4. The molecule has 0 fully saturated rings. The Morgan fingerprint density at radius 3 is 1.26 bits per heavy atom. The van der Waals surface area contributed by atoms with Crippen LogP contribution in [0.1, 0.15) is 24.0 Å². The minimum atomic E-state index is -5.05. The van der Waals surface area contributed by atoms with E-state index in [1.807, 2.05) is 0 Å². The van der Waals surface area contributed by atoms with Crippen molar-refractivity contribution in [2.75, 3.05) is 56.6 Å². The summed E-state index contributed by atoms with van der Waals surface area (Å²) in [5.74, 6) is -9.35. The van der Waals surface area contributed by atoms with E-state index in [1.54, 1.807) is 0 Å². The average Bonchev–Trinajstić information content (AvgIpc) is 3.37. The number of nitrogens with one attached hydrogen (secondary N) is 6. The summed E-state index contributed by atoms with van der Waals surface area (Å²) in [7, 11) is -12.7. The van der Waals surface area contributed by atoms with Crippen LogP contribution < -0.4 is 31.9 Å². The number of carbonyl (C=O) groups is 4. The van der Waals surface area contributed by atoms with E-state index in [9.17, 15) is 69.4 Å². The second kappa shape index (κ2) is 26.8. The Hall–Kier alpha value is -8.72. The van der Waals surface area contributed by atoms with Crippen LogP contribution in [-0.4, -0.2) is 156 Å². The normalized spacial score (nSPS) is 12.5. The summed E-state index contributed by atoms with van der Waals surface area (Å²) in [5, 5.41) is 85.0. The highest BCUT2D eigenvalue weighted by Gasteiger charge is 2.25. The monoisotopic (exact) mass is 1190 g/mol. The number of benzene rings is 4. The van der Waals surface area contributed by atoms with Gasteiger partial charge in [-0.25, -0.2) is 31.7 Å². The van der Waals surface area contributed by atoms with E-state index >= 15 is 0 Å². The molecule has 14 N–H and O–H groups in total. The van der Waals surface area contributed by atoms with Crippen molar-refractivity contribution in [2.24, 2.45) is 0 Å². The Morgan fingerprint density at radius 1 is 0.525 bits per heavy atom. The van der Waals surface area contributed by atoms with E-state index in [0.717, 1.165) is 6.07 Å². The average molecular weight is 1190 g/mol. The van der Waals surface area contributed by atoms with Crippen molar-refractivity contribution in [3.8, 4) is 0 Å². The number of rotatable bonds is 30. The minimum Gasteiger partial charge on any atom is -0.481 e. The third kappa shape index (κ3) is 17.4. The lowest BCUT2D eigenvalue weighted by Gasteiger charge is -2.15. The van der Waals surface area contributed by atoms with Crippen molar-refractivity contribution in [3.05, 3.63) is 96.1 Å². The Balaban J connectivity index is 1.30. The van der Waals surface area contributed by atoms with Gasteiger partial charge < -0.3 is 62.5 Å². The van der Waals surface area contributed by atoms with Gasteiger partial charge in [0.15, 0.2) is 19.7 Å². The maximum Gasteiger partial charge on any atom is 0.326 e. The molecule has 32 nitrogen and oxygen atoms in total. The summed E-state index contributed by atoms with van der Waals surface area (Å²) in [6.07, 6.45) is 0.796. The molecule has 6 rings (SSSR count). The summed E-state index contributed by atoms with van der Waals surface area (Å²) in [6, 6.07) is 14.6. The molecule has 0 saturated heterocycles. The van der Waals surface area contributed by atoms with Crippen molar-refractivity contribution in [1.29, 1.82) is 0 Å². The number of nitrogens with zero attached hydrogens (tertiary/aromatic N) is 6. The summed E-state index contributed by atoms with van der Waals surface area (Å²) < 4.78 is 90.5. The molecule has 0 aliphatic rings. The maximum atomic E-state index is 12.9. The third-order valence-electron chi connectivity index (χ3n) is 10.3. The van der Waals surface area contributed by atoms with Crippen LogP contribution in [0, 0.1) is 0 Å². The molecule has 424 valence electrons. The number of hydrogen-bond acceptors (Lipinski definition) is 28. The lowest BCUT2D eigenvalue weighted by Crippen LogP contribution is -2.32. The van der Waals surface area contributed by atoms with Gasteiger partial charge in [-0.15, -0.1) is 4.33 Å². The number of sulfone groups is 2. The first kappa shape index (κ1) is 60.5. The van der Waals surface area contributed by atoms with Crippen LogP contribution in [0.2, 0.25) is 0 Å². The van der Waals surface area contributed by atoms with Gasteiger partial charge in [0, 0.05) is 27.6 Å². The van der Waals surface area contributed by atoms with Crippen LogP contribution in [0.25, 0.3) is 12.2 Å². The lowest BCUT2D eigenvalue weighted by molar-refractivity contribution is -0.432. The van der Waals surface area contributed by atoms with Gasteiger partial charge in [0.1, 0.15) is 17.0 Å². The zero-order valence-corrected chi connectivity index (χ0v) is 43.7. The summed E-state index contributed by atoms with van der Waals surface area (Å²) in [4.78, 5) is 70.9. The van der Waals surface area contributed by atoms with Crippen molar-refractivity contribution in [3.63, 3.8) is 0 Å². The molecular formula is C44H44N12O20S4. The lowest BCUT2D eigenvalue weighted by atomic mass is 10.1. The number of aromatic nitrogens is 6. The predicted molar refractivity (Wildman–Crippen MR) is 281 cm³/mol. The number of aliphatic hydroxyl groups is 2. The highest BCUT2D eigenvalue weighted by atomic mass is 32.2. The van der Waals surface area contributed by atoms with Gasteiger partial charge in [0.05, 0.1) is 59.4 Å². The van der Waals surface area contributed by atoms with Crippen LogP contribution in [0.15, 0.2) is 105 Å². The van der Waals surface area contributed by atoms with Crippen LogP contribution >= 0.6 is 12.0 Å². The second-order valence-corrected chi connectivity index (χ2v) is 22.4. The Bertz CT molecular complexity index is 3640. The molecule has 6 aromatic rings. The third-order valence-corrected chi connectivity index (χ3v) is 15.3. The first-order valence-corrected chi connectivity index (χ1v) is 27.8. The Morgan fingerprint density at radius 2 is 0.887 bits per heavy atom. The van der Waals surface area contributed by atoms with Gasteiger partial charge in [0.2, 0.25) is 35.7 Å². The molecule has 0 spiro atoms. The van der Waals surface area contributed by atoms with Gasteiger partial charge in [-0.2, -0.15) is 38.3 Å². The molecule has 36 heteroatoms. The molecule has 4 aromatic carbocycles. The first-order chi connectivity index (χ1) is 37.8. The molecule has 2 aromatic heterocycles. The topological polar surface area (TPSA) is 501 Å². The number of hydrogen-bond donors (Lipinski definition) is 14. The van der Waals surface area contributed by atoms with Gasteiger partial charge in [-0.05, 0) is 83.9 Å². The van der Waals surface area contributed by atoms with E-state index in [0.29, 0.717) is 12.0 Å². The fourth-order valence-corrected chi connectivity index (χ4v) is 9.95. The predicted octanol–water partition coefficient (Wildman–Crippen LogP) is 3.09. The van der Waals surface area contributed by atoms with Crippen molar-refractivity contribution in [2.45, 2.75) is 44.5 Å². The van der Waals surface area contributed by atoms with Crippen LogP contribution in [0.3, 0.4) is 0 Å². The van der Waals surface area contributed by atoms with Gasteiger partial charge in [-0.3, -0.25) is 14.1 Å². The molecular weight excluding hydrogens is 1140 g/mol. The molecule has 0 bridgehead atoms. The van der Waals surface area contributed by atoms with Crippen molar-refractivity contribution < 1.29 is 94.3 Å². The smallest absolute Gasteiger partial charge is 0.326 e. The Kier molecular flexibility index (Phi) is 20.2. The Labute approximate surface area is 455 Å². The number of anilines is 10. The van der Waals surface area contributed by atoms with Crippen LogP contribution in [0.5, 0.6) is 0 Å². The van der Waals surface area contributed by atoms with E-state index in [1.165, 1.54) is 91.0 Å². The first-order valence-electron chi connectivity index (χ1n) is 22.3. The minimum absolute atomic E-state index is 0.0881. The number of aliphatic carboxylic acids is 4. The summed E-state index contributed by atoms with van der Waals surface area (Å²) in [6.45, 7) is -1.24. The number of aliphatic hydroxyl groups excluding tert-OH is 2. The van der Waals surface area contributed by atoms with E-state index < -0.39 is 126 Å². The van der Waals surface area contributed by atoms with Crippen LogP contribution in [0.4, 0.5) is 58.4 Å². The molecule has 0 radical (unpaired) electrons. The standard InChI is InChI=1S/C44H44N12O20S4/c57-15-17-78(68,69)29-11-7-25(8-12-29)45-39-51-41(55-43(53-39)49-31(37(63)64)21-35(59)60)47-27-5-3-23(33(19-27)77-76-75-67)1-2-24-4-6-28(20-34(24)80(72,73)74)48-42-52-40(54-44(56-42)50-32(38(65)66)22-36(61)62)46-26-9-13-30(14-10-26)79(70,71)18-16-58/h1-14,19-20,31-32,57-58,67H,15-18,21-22H2,(H,59,60)(H,61,62)(H,63,64)(H,65,66)(H,72,73,74)(H3,45,47,49,51,53,55)(H3,46,48,50,52,54,56)/b2-1+. The van der Waals surface area contributed by atoms with Gasteiger partial charge in [-0.1, -0.05) is 29.3 Å². The number of carboxylic acids is 4. The van der Waals surface area contributed by atoms with E-state index in [4.69, 9.17) is 15.5 Å². The van der Waals surface area contributed by atoms with Crippen LogP contribution in [-0.2, 0) is 58.3 Å². The quantitative estimate of drug-likeness (QED) is 0.0101. The summed E-state index contributed by atoms with van der Waals surface area (Å²) in [5.41, 5.74) is 0.638. The summed E-state index contributed by atoms with van der Waals surface area (Å²) >= 11 is 0.445. The second-order valence-electron chi connectivity index (χ2n) is 16.1. The fourth-order valence-electron chi connectivity index (χ4n) is 6.68. The highest BCUT2D eigenvalue weighted by molar-refractivity contribution is 7.94. The molecule has 2 heterocycles. The van der Waals surface area contributed by atoms with Gasteiger partial charge >= 0.3 is 23.9 Å². The SMILES string of the molecule is O=C(O)CC(Nc1nc(Nc2ccc(S(=O)(=O)CCO)cc2)nc(Nc2ccc(/C=C/c3ccc(Nc4nc(Nc5ccc(S(=O)(=O)CCO)cc5)nc(NC(CC(=O)O)C(=O)O)n4)cc3S(=O)(=O)O)c(SOOO)c2)n1)C(=O)O. The molecule has 80 heavy (non-hydrogen) atoms. The molecule has 2 unspecified atom stereocenters. The molecule has 0 saturated carbocycles. The largest absolute Gasteiger partial charge is 0.481 e. The van der Waals surface area contributed by atoms with E-state index in [-0.39, 0.29) is 66.4 Å². The molecule has 0 aliphatic carbocycles. The molecule has 2 atom stereocenters. The highest BCUT2D eigenvalue weighted by Crippen LogP contribution is 2.32. The molecule has 0 aliphatic heterocycles. The van der Waals surface area contributed by atoms with E-state index in [2.05, 4.69) is 71.2 Å². The van der Waals surface area contributed by atoms with Crippen molar-refractivity contribution in [1.82, 2.24) is 29.9 Å². The zero-order valence-electron chi connectivity index (χ0n) is 40.4. The fraction of sp³-hybridized carbons (Fsp3) is 0.182. The van der Waals surface area contributed by atoms with Crippen molar-refractivity contribution >= 4 is 136 Å².